The largest absolute Gasteiger partial charge is 0.392 e. The van der Waals surface area contributed by atoms with Crippen LogP contribution in [0.15, 0.2) is 42.5 Å². The van der Waals surface area contributed by atoms with Crippen molar-refractivity contribution in [1.29, 1.82) is 0 Å². The lowest BCUT2D eigenvalue weighted by Gasteiger charge is -2.22. The summed E-state index contributed by atoms with van der Waals surface area (Å²) < 4.78 is 5.71. The first kappa shape index (κ1) is 17.9. The van der Waals surface area contributed by atoms with Gasteiger partial charge in [-0.15, -0.1) is 0 Å². The fourth-order valence-corrected chi connectivity index (χ4v) is 2.30. The molecule has 0 aliphatic heterocycles. The Morgan fingerprint density at radius 3 is 2.57 bits per heavy atom. The van der Waals surface area contributed by atoms with Crippen LogP contribution in [0.5, 0.6) is 0 Å². The molecule has 0 heterocycles. The minimum absolute atomic E-state index is 0.138. The SMILES string of the molecule is CCCC/C=C\[C@H](C)[C@@H](O)[C@@H](C)COCc1ccccc1. The van der Waals surface area contributed by atoms with Crippen LogP contribution in [0.3, 0.4) is 0 Å². The maximum Gasteiger partial charge on any atom is 0.0717 e. The van der Waals surface area contributed by atoms with Crippen molar-refractivity contribution in [2.45, 2.75) is 52.7 Å². The summed E-state index contributed by atoms with van der Waals surface area (Å²) in [6.45, 7) is 7.51. The Balaban J connectivity index is 2.26. The molecule has 1 aromatic carbocycles. The van der Waals surface area contributed by atoms with Gasteiger partial charge >= 0.3 is 0 Å². The molecule has 0 amide bonds. The van der Waals surface area contributed by atoms with Gasteiger partial charge in [0.1, 0.15) is 0 Å². The van der Waals surface area contributed by atoms with Gasteiger partial charge < -0.3 is 9.84 Å². The Labute approximate surface area is 129 Å². The van der Waals surface area contributed by atoms with Crippen molar-refractivity contribution < 1.29 is 9.84 Å². The van der Waals surface area contributed by atoms with Crippen LogP contribution in [-0.2, 0) is 11.3 Å². The van der Waals surface area contributed by atoms with Gasteiger partial charge in [0, 0.05) is 11.8 Å². The van der Waals surface area contributed by atoms with Crippen molar-refractivity contribution in [3.05, 3.63) is 48.0 Å². The molecule has 0 saturated heterocycles. The molecule has 1 N–H and O–H groups in total. The number of hydrogen-bond acceptors (Lipinski definition) is 2. The Morgan fingerprint density at radius 1 is 1.19 bits per heavy atom. The zero-order valence-electron chi connectivity index (χ0n) is 13.7. The summed E-state index contributed by atoms with van der Waals surface area (Å²) in [5.41, 5.74) is 1.17. The van der Waals surface area contributed by atoms with Gasteiger partial charge in [-0.05, 0) is 12.0 Å². The first-order valence-electron chi connectivity index (χ1n) is 8.11. The molecular weight excluding hydrogens is 260 g/mol. The molecule has 1 aromatic rings. The normalized spacial score (nSPS) is 16.0. The lowest BCUT2D eigenvalue weighted by molar-refractivity contribution is 0.0133. The molecule has 0 unspecified atom stereocenters. The maximum atomic E-state index is 10.3. The number of benzene rings is 1. The van der Waals surface area contributed by atoms with E-state index in [0.29, 0.717) is 13.2 Å². The predicted molar refractivity (Wildman–Crippen MR) is 89.1 cm³/mol. The monoisotopic (exact) mass is 290 g/mol. The summed E-state index contributed by atoms with van der Waals surface area (Å²) >= 11 is 0. The van der Waals surface area contributed by atoms with Gasteiger partial charge in [-0.25, -0.2) is 0 Å². The van der Waals surface area contributed by atoms with E-state index >= 15 is 0 Å². The quantitative estimate of drug-likeness (QED) is 0.505. The molecule has 0 radical (unpaired) electrons. The van der Waals surface area contributed by atoms with Crippen molar-refractivity contribution >= 4 is 0 Å². The number of aliphatic hydroxyl groups is 1. The summed E-state index contributed by atoms with van der Waals surface area (Å²) in [6, 6.07) is 10.1. The predicted octanol–water partition coefficient (Wildman–Crippen LogP) is 4.58. The molecular formula is C19H30O2. The van der Waals surface area contributed by atoms with Gasteiger partial charge in [0.2, 0.25) is 0 Å². The molecule has 21 heavy (non-hydrogen) atoms. The molecule has 0 aliphatic carbocycles. The molecule has 0 saturated carbocycles. The maximum absolute atomic E-state index is 10.3. The average molecular weight is 290 g/mol. The fourth-order valence-electron chi connectivity index (χ4n) is 2.30. The molecule has 118 valence electrons. The van der Waals surface area contributed by atoms with Gasteiger partial charge in [-0.3, -0.25) is 0 Å². The minimum Gasteiger partial charge on any atom is -0.392 e. The highest BCUT2D eigenvalue weighted by Crippen LogP contribution is 2.16. The molecule has 0 fully saturated rings. The fraction of sp³-hybridized carbons (Fsp3) is 0.579. The van der Waals surface area contributed by atoms with Gasteiger partial charge in [0.25, 0.3) is 0 Å². The lowest BCUT2D eigenvalue weighted by Crippen LogP contribution is -2.27. The summed E-state index contributed by atoms with van der Waals surface area (Å²) in [6.07, 6.45) is 7.51. The van der Waals surface area contributed by atoms with E-state index in [2.05, 4.69) is 38.1 Å². The summed E-state index contributed by atoms with van der Waals surface area (Å²) in [5, 5.41) is 10.3. The molecule has 2 heteroatoms. The van der Waals surface area contributed by atoms with Crippen molar-refractivity contribution in [1.82, 2.24) is 0 Å². The highest BCUT2D eigenvalue weighted by atomic mass is 16.5. The van der Waals surface area contributed by atoms with Crippen molar-refractivity contribution in [2.75, 3.05) is 6.61 Å². The van der Waals surface area contributed by atoms with Crippen LogP contribution in [0, 0.1) is 11.8 Å². The van der Waals surface area contributed by atoms with E-state index in [-0.39, 0.29) is 17.9 Å². The second kappa shape index (κ2) is 10.6. The number of unbranched alkanes of at least 4 members (excludes halogenated alkanes) is 2. The molecule has 0 aliphatic rings. The van der Waals surface area contributed by atoms with Crippen molar-refractivity contribution in [3.63, 3.8) is 0 Å². The lowest BCUT2D eigenvalue weighted by atomic mass is 9.93. The second-order valence-electron chi connectivity index (χ2n) is 5.90. The van der Waals surface area contributed by atoms with Crippen molar-refractivity contribution in [3.8, 4) is 0 Å². The van der Waals surface area contributed by atoms with Crippen LogP contribution in [0.1, 0.15) is 45.6 Å². The third-order valence-electron chi connectivity index (χ3n) is 3.78. The minimum atomic E-state index is -0.348. The topological polar surface area (TPSA) is 29.5 Å². The highest BCUT2D eigenvalue weighted by molar-refractivity contribution is 5.13. The highest BCUT2D eigenvalue weighted by Gasteiger charge is 2.19. The zero-order valence-corrected chi connectivity index (χ0v) is 13.7. The molecule has 2 nitrogen and oxygen atoms in total. The van der Waals surface area contributed by atoms with Crippen LogP contribution in [0.25, 0.3) is 0 Å². The molecule has 0 aromatic heterocycles. The zero-order chi connectivity index (χ0) is 15.5. The Morgan fingerprint density at radius 2 is 1.90 bits per heavy atom. The van der Waals surface area contributed by atoms with Crippen LogP contribution >= 0.6 is 0 Å². The molecule has 0 bridgehead atoms. The smallest absolute Gasteiger partial charge is 0.0717 e. The van der Waals surface area contributed by atoms with E-state index in [1.54, 1.807) is 0 Å². The number of hydrogen-bond donors (Lipinski definition) is 1. The van der Waals surface area contributed by atoms with Crippen LogP contribution in [-0.4, -0.2) is 17.8 Å². The van der Waals surface area contributed by atoms with E-state index in [1.807, 2.05) is 25.1 Å². The summed E-state index contributed by atoms with van der Waals surface area (Å²) in [4.78, 5) is 0. The number of rotatable bonds is 10. The van der Waals surface area contributed by atoms with Gasteiger partial charge in [-0.2, -0.15) is 0 Å². The van der Waals surface area contributed by atoms with E-state index in [4.69, 9.17) is 4.74 Å². The number of aliphatic hydroxyl groups excluding tert-OH is 1. The molecule has 3 atom stereocenters. The van der Waals surface area contributed by atoms with Crippen LogP contribution < -0.4 is 0 Å². The summed E-state index contributed by atoms with van der Waals surface area (Å²) in [7, 11) is 0. The number of allylic oxidation sites excluding steroid dienone is 1. The third-order valence-corrected chi connectivity index (χ3v) is 3.78. The summed E-state index contributed by atoms with van der Waals surface area (Å²) in [5.74, 6) is 0.316. The van der Waals surface area contributed by atoms with Crippen LogP contribution in [0.2, 0.25) is 0 Å². The van der Waals surface area contributed by atoms with Gasteiger partial charge in [0.15, 0.2) is 0 Å². The Hall–Kier alpha value is -1.12. The third kappa shape index (κ3) is 7.45. The molecule has 1 rings (SSSR count). The van der Waals surface area contributed by atoms with E-state index in [9.17, 15) is 5.11 Å². The van der Waals surface area contributed by atoms with E-state index < -0.39 is 0 Å². The molecule has 0 spiro atoms. The second-order valence-corrected chi connectivity index (χ2v) is 5.90. The average Bonchev–Trinajstić information content (AvgIpc) is 2.51. The first-order valence-corrected chi connectivity index (χ1v) is 8.11. The Bertz CT molecular complexity index is 386. The van der Waals surface area contributed by atoms with E-state index in [0.717, 1.165) is 6.42 Å². The standard InChI is InChI=1S/C19H30O2/c1-4-5-6-8-11-16(2)19(20)17(3)14-21-15-18-12-9-7-10-13-18/h7-13,16-17,19-20H,4-6,14-15H2,1-3H3/b11-8-/t16-,17-,19+/m0/s1. The van der Waals surface area contributed by atoms with Crippen LogP contribution in [0.4, 0.5) is 0 Å². The van der Waals surface area contributed by atoms with Gasteiger partial charge in [0.05, 0.1) is 19.3 Å². The number of ether oxygens (including phenoxy) is 1. The Kier molecular flexibility index (Phi) is 9.04. The van der Waals surface area contributed by atoms with E-state index in [1.165, 1.54) is 18.4 Å². The van der Waals surface area contributed by atoms with Crippen molar-refractivity contribution in [2.24, 2.45) is 11.8 Å². The first-order chi connectivity index (χ1) is 10.1. The van der Waals surface area contributed by atoms with Gasteiger partial charge in [-0.1, -0.05) is 76.1 Å².